The zero-order valence-electron chi connectivity index (χ0n) is 32.2. The molecule has 0 saturated carbocycles. The van der Waals surface area contributed by atoms with Gasteiger partial charge in [0.2, 0.25) is 11.7 Å². The number of amides is 1. The van der Waals surface area contributed by atoms with E-state index in [0.29, 0.717) is 29.9 Å². The van der Waals surface area contributed by atoms with Gasteiger partial charge in [-0.15, -0.1) is 9.24 Å². The Hall–Kier alpha value is -1.99. The van der Waals surface area contributed by atoms with E-state index in [9.17, 15) is 14.4 Å². The van der Waals surface area contributed by atoms with Crippen LogP contribution in [0.15, 0.2) is 42.5 Å². The first kappa shape index (κ1) is 47.0. The summed E-state index contributed by atoms with van der Waals surface area (Å²) in [5.74, 6) is 2.49. The molecule has 3 atom stereocenters. The first-order chi connectivity index (χ1) is 23.2. The van der Waals surface area contributed by atoms with Gasteiger partial charge in [0.05, 0.1) is 38.3 Å². The fourth-order valence-electron chi connectivity index (χ4n) is 5.34. The Kier molecular flexibility index (Phi) is 23.3. The van der Waals surface area contributed by atoms with Crippen LogP contribution in [-0.4, -0.2) is 79.7 Å². The maximum atomic E-state index is 13.2. The number of esters is 1. The molecule has 3 unspecified atom stereocenters. The number of likely N-dealkylation sites (N-methyl/N-ethyl adjacent to an activating group) is 1. The molecule has 0 aromatic heterocycles. The van der Waals surface area contributed by atoms with Crippen LogP contribution in [0.5, 0.6) is 0 Å². The Balaban J connectivity index is 0.00000121. The maximum absolute atomic E-state index is 13.2. The summed E-state index contributed by atoms with van der Waals surface area (Å²) in [6, 6.07) is 14.7. The van der Waals surface area contributed by atoms with Gasteiger partial charge in [0.1, 0.15) is 6.54 Å². The highest BCUT2D eigenvalue weighted by Crippen LogP contribution is 2.32. The summed E-state index contributed by atoms with van der Waals surface area (Å²) in [5.41, 5.74) is 2.75. The number of ether oxygens (including phenoxy) is 1. The largest absolute Gasteiger partial charge is 0.465 e. The Bertz CT molecular complexity index is 1460. The molecule has 0 radical (unpaired) electrons. The predicted molar refractivity (Wildman–Crippen MR) is 223 cm³/mol. The van der Waals surface area contributed by atoms with E-state index in [0.717, 1.165) is 55.2 Å². The normalized spacial score (nSPS) is 12.6. The van der Waals surface area contributed by atoms with E-state index in [2.05, 4.69) is 108 Å². The molecule has 3 aromatic carbocycles. The van der Waals surface area contributed by atoms with Gasteiger partial charge in [-0.1, -0.05) is 87.3 Å². The van der Waals surface area contributed by atoms with Crippen LogP contribution in [0.1, 0.15) is 95.1 Å². The van der Waals surface area contributed by atoms with E-state index in [1.807, 2.05) is 52.6 Å². The van der Waals surface area contributed by atoms with Crippen LogP contribution in [0, 0.1) is 19.3 Å². The van der Waals surface area contributed by atoms with Crippen molar-refractivity contribution in [1.29, 1.82) is 0 Å². The Morgan fingerprint density at radius 2 is 1.57 bits per heavy atom. The number of fused-ring (bicyclic) bond motifs is 3. The summed E-state index contributed by atoms with van der Waals surface area (Å²) in [6.45, 7) is 18.6. The van der Waals surface area contributed by atoms with Crippen molar-refractivity contribution in [3.05, 3.63) is 59.2 Å². The average Bonchev–Trinajstić information content (AvgIpc) is 3.10. The van der Waals surface area contributed by atoms with E-state index in [4.69, 9.17) is 4.74 Å². The molecule has 9 heteroatoms. The van der Waals surface area contributed by atoms with E-state index < -0.39 is 5.41 Å². The molecule has 3 rings (SSSR count). The van der Waals surface area contributed by atoms with Crippen molar-refractivity contribution < 1.29 is 23.6 Å². The number of thiol groups is 1. The summed E-state index contributed by atoms with van der Waals surface area (Å²) in [5, 5.41) is 7.88. The molecule has 0 aliphatic rings. The third kappa shape index (κ3) is 15.0. The van der Waals surface area contributed by atoms with Crippen molar-refractivity contribution in [2.45, 2.75) is 93.2 Å². The Morgan fingerprint density at radius 1 is 0.959 bits per heavy atom. The van der Waals surface area contributed by atoms with Crippen LogP contribution in [0.2, 0.25) is 0 Å². The van der Waals surface area contributed by atoms with Gasteiger partial charge in [0, 0.05) is 24.3 Å². The molecule has 0 heterocycles. The summed E-state index contributed by atoms with van der Waals surface area (Å²) in [4.78, 5) is 36.7. The Morgan fingerprint density at radius 3 is 2.14 bits per heavy atom. The highest BCUT2D eigenvalue weighted by atomic mass is 79.9. The lowest BCUT2D eigenvalue weighted by molar-refractivity contribution is -0.882. The average molecular weight is 781 g/mol. The summed E-state index contributed by atoms with van der Waals surface area (Å²) in [6.07, 6.45) is 4.37. The zero-order valence-corrected chi connectivity index (χ0v) is 35.8. The number of nitrogens with zero attached hydrogens (tertiary/aromatic N) is 1. The smallest absolute Gasteiger partial charge is 0.312 e. The standard InChI is InChI=1S/C28H37N2O2P.C9H18O2S.C2H6.CH3Br/c1-6-9-25(33)28(32)29-14-8-15-30(4,5)18-24(31)23-16-20(3)27-22(17-23)13-12-21-11-7-10-19(2)26(21)27;1-4-6-11-8(10)9(3,5-2)7-12;2*1-2/h7,10-13,16-17,25H,6,8-9,14-15,18,33H2,1-5H3;12H,4-7H2,1-3H3;1-2H3;1H3/p+1. The number of hydrogen-bond acceptors (Lipinski definition) is 5. The number of nitrogens with one attached hydrogen (secondary N) is 1. The highest BCUT2D eigenvalue weighted by Gasteiger charge is 2.31. The van der Waals surface area contributed by atoms with Gasteiger partial charge in [-0.05, 0) is 90.7 Å². The number of quaternary nitrogens is 1. The van der Waals surface area contributed by atoms with Crippen LogP contribution in [-0.2, 0) is 14.3 Å². The summed E-state index contributed by atoms with van der Waals surface area (Å²) >= 11 is 7.08. The second kappa shape index (κ2) is 24.2. The van der Waals surface area contributed by atoms with Gasteiger partial charge in [-0.2, -0.15) is 12.6 Å². The molecule has 0 spiro atoms. The number of hydrogen-bond donors (Lipinski definition) is 2. The maximum Gasteiger partial charge on any atom is 0.312 e. The minimum Gasteiger partial charge on any atom is -0.465 e. The second-order valence-corrected chi connectivity index (χ2v) is 14.2. The van der Waals surface area contributed by atoms with Crippen molar-refractivity contribution in [2.75, 3.05) is 51.9 Å². The molecule has 0 bridgehead atoms. The van der Waals surface area contributed by atoms with Gasteiger partial charge in [-0.25, -0.2) is 0 Å². The van der Waals surface area contributed by atoms with Gasteiger partial charge in [0.25, 0.3) is 0 Å². The SMILES string of the molecule is CBr.CC.CCCC(P)C(=O)NCCC[N+](C)(C)CC(=O)c1cc(C)c2c(ccc3cccc(C)c32)c1.CCCOC(=O)C(C)(CC)CS. The van der Waals surface area contributed by atoms with Gasteiger partial charge >= 0.3 is 5.97 Å². The van der Waals surface area contributed by atoms with Gasteiger partial charge in [-0.3, -0.25) is 14.4 Å². The first-order valence-corrected chi connectivity index (χ1v) is 20.6. The number of halogens is 1. The molecule has 1 N–H and O–H groups in total. The number of rotatable bonds is 15. The quantitative estimate of drug-likeness (QED) is 0.0236. The molecular formula is C40H65BrN2O4PS+. The van der Waals surface area contributed by atoms with Crippen LogP contribution in [0.4, 0.5) is 0 Å². The number of alkyl halides is 1. The molecule has 49 heavy (non-hydrogen) atoms. The minimum atomic E-state index is -0.404. The Labute approximate surface area is 314 Å². The number of benzene rings is 3. The van der Waals surface area contributed by atoms with E-state index in [1.54, 1.807) is 0 Å². The van der Waals surface area contributed by atoms with Crippen molar-refractivity contribution in [2.24, 2.45) is 5.41 Å². The topological polar surface area (TPSA) is 72.5 Å². The van der Waals surface area contributed by atoms with Crippen molar-refractivity contribution in [1.82, 2.24) is 5.32 Å². The number of ketones is 1. The lowest BCUT2D eigenvalue weighted by atomic mass is 9.90. The van der Waals surface area contributed by atoms with Crippen LogP contribution in [0.25, 0.3) is 21.5 Å². The van der Waals surface area contributed by atoms with Gasteiger partial charge < -0.3 is 14.5 Å². The molecule has 0 aliphatic carbocycles. The van der Waals surface area contributed by atoms with Crippen molar-refractivity contribution >= 4 is 77.0 Å². The molecular weight excluding hydrogens is 715 g/mol. The van der Waals surface area contributed by atoms with E-state index >= 15 is 0 Å². The number of carbonyl (C=O) groups excluding carboxylic acids is 3. The molecule has 0 saturated heterocycles. The fourth-order valence-corrected chi connectivity index (χ4v) is 6.14. The van der Waals surface area contributed by atoms with E-state index in [1.165, 1.54) is 21.7 Å². The molecule has 1 amide bonds. The number of carbonyl (C=O) groups is 3. The molecule has 6 nitrogen and oxygen atoms in total. The monoisotopic (exact) mass is 779 g/mol. The number of Topliss-reactive ketones (excluding diaryl/α,β-unsaturated/α-hetero) is 1. The fraction of sp³-hybridized carbons (Fsp3) is 0.575. The third-order valence-corrected chi connectivity index (χ3v) is 9.83. The summed E-state index contributed by atoms with van der Waals surface area (Å²) in [7, 11) is 6.79. The second-order valence-electron chi connectivity index (χ2n) is 13.1. The highest BCUT2D eigenvalue weighted by molar-refractivity contribution is 9.08. The molecule has 3 aromatic rings. The number of aryl methyl sites for hydroxylation is 2. The van der Waals surface area contributed by atoms with E-state index in [-0.39, 0.29) is 23.3 Å². The zero-order chi connectivity index (χ0) is 37.8. The molecule has 0 aliphatic heterocycles. The third-order valence-electron chi connectivity index (χ3n) is 8.49. The van der Waals surface area contributed by atoms with Crippen LogP contribution in [0.3, 0.4) is 0 Å². The summed E-state index contributed by atoms with van der Waals surface area (Å²) < 4.78 is 5.65. The lowest BCUT2D eigenvalue weighted by Crippen LogP contribution is -2.45. The van der Waals surface area contributed by atoms with Gasteiger partial charge in [0.15, 0.2) is 0 Å². The molecule has 0 fully saturated rings. The lowest BCUT2D eigenvalue weighted by Gasteiger charge is -2.29. The molecule has 276 valence electrons. The minimum absolute atomic E-state index is 0.0175. The predicted octanol–water partition coefficient (Wildman–Crippen LogP) is 9.74. The van der Waals surface area contributed by atoms with Crippen LogP contribution >= 0.6 is 37.8 Å². The first-order valence-electron chi connectivity index (χ1n) is 17.7. The van der Waals surface area contributed by atoms with Crippen molar-refractivity contribution in [3.63, 3.8) is 0 Å². The van der Waals surface area contributed by atoms with Crippen LogP contribution < -0.4 is 5.32 Å². The van der Waals surface area contributed by atoms with Crippen molar-refractivity contribution in [3.8, 4) is 0 Å².